The van der Waals surface area contributed by atoms with Gasteiger partial charge in [-0.2, -0.15) is 0 Å². The highest BCUT2D eigenvalue weighted by Gasteiger charge is 2.21. The molecule has 112 valence electrons. The molecular weight excluding hydrogens is 248 g/mol. The van der Waals surface area contributed by atoms with Crippen LogP contribution in [-0.2, 0) is 6.54 Å². The second kappa shape index (κ2) is 7.65. The van der Waals surface area contributed by atoms with E-state index in [9.17, 15) is 0 Å². The highest BCUT2D eigenvalue weighted by Crippen LogP contribution is 2.26. The Labute approximate surface area is 123 Å². The molecular formula is C17H28N2O. The molecule has 1 aliphatic rings. The Morgan fingerprint density at radius 2 is 2.05 bits per heavy atom. The molecule has 1 aliphatic carbocycles. The number of nitrogens with two attached hydrogens (primary N) is 1. The lowest BCUT2D eigenvalue weighted by atomic mass is 9.84. The third kappa shape index (κ3) is 4.50. The molecule has 1 unspecified atom stereocenters. The van der Waals surface area contributed by atoms with Crippen LogP contribution in [0.4, 0.5) is 0 Å². The molecule has 3 heteroatoms. The molecule has 20 heavy (non-hydrogen) atoms. The lowest BCUT2D eigenvalue weighted by Gasteiger charge is -2.30. The smallest absolute Gasteiger partial charge is 0.119 e. The quantitative estimate of drug-likeness (QED) is 0.868. The van der Waals surface area contributed by atoms with Gasteiger partial charge in [0.1, 0.15) is 5.75 Å². The summed E-state index contributed by atoms with van der Waals surface area (Å²) in [4.78, 5) is 2.33. The van der Waals surface area contributed by atoms with E-state index >= 15 is 0 Å². The molecule has 0 heterocycles. The van der Waals surface area contributed by atoms with Crippen LogP contribution >= 0.6 is 0 Å². The predicted molar refractivity (Wildman–Crippen MR) is 83.9 cm³/mol. The van der Waals surface area contributed by atoms with E-state index in [4.69, 9.17) is 10.5 Å². The first-order valence-electron chi connectivity index (χ1n) is 7.76. The normalized spacial score (nSPS) is 18.2. The Balaban J connectivity index is 1.83. The zero-order valence-electron chi connectivity index (χ0n) is 12.8. The third-order valence-electron chi connectivity index (χ3n) is 4.36. The summed E-state index contributed by atoms with van der Waals surface area (Å²) in [5.74, 6) is 1.64. The van der Waals surface area contributed by atoms with Crippen molar-refractivity contribution in [2.75, 3.05) is 20.7 Å². The van der Waals surface area contributed by atoms with Crippen LogP contribution in [0.2, 0.25) is 0 Å². The van der Waals surface area contributed by atoms with E-state index in [-0.39, 0.29) is 0 Å². The first-order chi connectivity index (χ1) is 9.69. The number of likely N-dealkylation sites (N-methyl/N-ethyl adjacent to an activating group) is 1. The standard InChI is InChI=1S/C17H28N2O/c1-19(12-14-7-6-10-16(11-14)20-2)13-17(18)15-8-4-3-5-9-15/h6-7,10-11,15,17H,3-5,8-9,12-13,18H2,1-2H3. The fraction of sp³-hybridized carbons (Fsp3) is 0.647. The van der Waals surface area contributed by atoms with Gasteiger partial charge in [-0.05, 0) is 43.5 Å². The van der Waals surface area contributed by atoms with Crippen molar-refractivity contribution in [3.05, 3.63) is 29.8 Å². The van der Waals surface area contributed by atoms with E-state index in [0.717, 1.165) is 24.8 Å². The number of benzene rings is 1. The topological polar surface area (TPSA) is 38.5 Å². The van der Waals surface area contributed by atoms with Crippen molar-refractivity contribution in [2.45, 2.75) is 44.7 Å². The van der Waals surface area contributed by atoms with E-state index in [1.807, 2.05) is 12.1 Å². The van der Waals surface area contributed by atoms with Crippen LogP contribution in [0.5, 0.6) is 5.75 Å². The van der Waals surface area contributed by atoms with Gasteiger partial charge < -0.3 is 15.4 Å². The Morgan fingerprint density at radius 1 is 1.30 bits per heavy atom. The van der Waals surface area contributed by atoms with Gasteiger partial charge in [0.25, 0.3) is 0 Å². The largest absolute Gasteiger partial charge is 0.497 e. The van der Waals surface area contributed by atoms with Gasteiger partial charge >= 0.3 is 0 Å². The maximum atomic E-state index is 6.39. The molecule has 1 aromatic rings. The minimum Gasteiger partial charge on any atom is -0.497 e. The molecule has 0 radical (unpaired) electrons. The number of hydrogen-bond donors (Lipinski definition) is 1. The SMILES string of the molecule is COc1cccc(CN(C)CC(N)C2CCCCC2)c1. The lowest BCUT2D eigenvalue weighted by molar-refractivity contribution is 0.229. The number of rotatable bonds is 6. The monoisotopic (exact) mass is 276 g/mol. The zero-order valence-corrected chi connectivity index (χ0v) is 12.8. The average molecular weight is 276 g/mol. The van der Waals surface area contributed by atoms with E-state index < -0.39 is 0 Å². The summed E-state index contributed by atoms with van der Waals surface area (Å²) in [7, 11) is 3.87. The number of nitrogens with zero attached hydrogens (tertiary/aromatic N) is 1. The molecule has 2 rings (SSSR count). The fourth-order valence-corrected chi connectivity index (χ4v) is 3.22. The predicted octanol–water partition coefficient (Wildman–Crippen LogP) is 3.03. The minimum atomic E-state index is 0.311. The summed E-state index contributed by atoms with van der Waals surface area (Å²) in [5.41, 5.74) is 7.67. The first kappa shape index (κ1) is 15.3. The highest BCUT2D eigenvalue weighted by molar-refractivity contribution is 5.28. The number of hydrogen-bond acceptors (Lipinski definition) is 3. The first-order valence-corrected chi connectivity index (χ1v) is 7.76. The van der Waals surface area contributed by atoms with Crippen LogP contribution < -0.4 is 10.5 Å². The Bertz CT molecular complexity index is 402. The van der Waals surface area contributed by atoms with Gasteiger partial charge in [-0.1, -0.05) is 31.4 Å². The van der Waals surface area contributed by atoms with Crippen molar-refractivity contribution in [1.82, 2.24) is 4.90 Å². The van der Waals surface area contributed by atoms with Gasteiger partial charge in [-0.25, -0.2) is 0 Å². The Hall–Kier alpha value is -1.06. The summed E-state index contributed by atoms with van der Waals surface area (Å²) in [6.45, 7) is 1.90. The molecule has 0 aliphatic heterocycles. The average Bonchev–Trinajstić information content (AvgIpc) is 2.48. The molecule has 2 N–H and O–H groups in total. The summed E-state index contributed by atoms with van der Waals surface area (Å²) in [6.07, 6.45) is 6.74. The number of ether oxygens (including phenoxy) is 1. The zero-order chi connectivity index (χ0) is 14.4. The third-order valence-corrected chi connectivity index (χ3v) is 4.36. The molecule has 1 saturated carbocycles. The van der Waals surface area contributed by atoms with Crippen molar-refractivity contribution >= 4 is 0 Å². The molecule has 0 amide bonds. The van der Waals surface area contributed by atoms with Crippen LogP contribution in [0, 0.1) is 5.92 Å². The lowest BCUT2D eigenvalue weighted by Crippen LogP contribution is -2.41. The van der Waals surface area contributed by atoms with E-state index in [0.29, 0.717) is 6.04 Å². The van der Waals surface area contributed by atoms with Gasteiger partial charge in [0, 0.05) is 19.1 Å². The molecule has 1 atom stereocenters. The second-order valence-corrected chi connectivity index (χ2v) is 6.11. The van der Waals surface area contributed by atoms with Crippen LogP contribution in [0.3, 0.4) is 0 Å². The highest BCUT2D eigenvalue weighted by atomic mass is 16.5. The van der Waals surface area contributed by atoms with Gasteiger partial charge in [0.05, 0.1) is 7.11 Å². The van der Waals surface area contributed by atoms with Gasteiger partial charge in [0.15, 0.2) is 0 Å². The summed E-state index contributed by atoms with van der Waals surface area (Å²) < 4.78 is 5.27. The minimum absolute atomic E-state index is 0.311. The summed E-state index contributed by atoms with van der Waals surface area (Å²) in [6, 6.07) is 8.58. The van der Waals surface area contributed by atoms with Gasteiger partial charge in [0.2, 0.25) is 0 Å². The molecule has 1 aromatic carbocycles. The molecule has 0 bridgehead atoms. The molecule has 0 saturated heterocycles. The fourth-order valence-electron chi connectivity index (χ4n) is 3.22. The van der Waals surface area contributed by atoms with Crippen LogP contribution in [-0.4, -0.2) is 31.6 Å². The molecule has 0 spiro atoms. The Morgan fingerprint density at radius 3 is 2.75 bits per heavy atom. The number of methoxy groups -OCH3 is 1. The van der Waals surface area contributed by atoms with E-state index in [1.165, 1.54) is 37.7 Å². The Kier molecular flexibility index (Phi) is 5.86. The second-order valence-electron chi connectivity index (χ2n) is 6.11. The van der Waals surface area contributed by atoms with Crippen molar-refractivity contribution in [1.29, 1.82) is 0 Å². The van der Waals surface area contributed by atoms with Crippen molar-refractivity contribution in [3.8, 4) is 5.75 Å². The maximum Gasteiger partial charge on any atom is 0.119 e. The van der Waals surface area contributed by atoms with Crippen LogP contribution in [0.1, 0.15) is 37.7 Å². The summed E-state index contributed by atoms with van der Waals surface area (Å²) >= 11 is 0. The van der Waals surface area contributed by atoms with Crippen molar-refractivity contribution in [3.63, 3.8) is 0 Å². The summed E-state index contributed by atoms with van der Waals surface area (Å²) in [5, 5.41) is 0. The van der Waals surface area contributed by atoms with Gasteiger partial charge in [-0.15, -0.1) is 0 Å². The van der Waals surface area contributed by atoms with E-state index in [2.05, 4.69) is 24.1 Å². The van der Waals surface area contributed by atoms with Gasteiger partial charge in [-0.3, -0.25) is 0 Å². The molecule has 0 aromatic heterocycles. The molecule has 1 fully saturated rings. The molecule has 3 nitrogen and oxygen atoms in total. The van der Waals surface area contributed by atoms with Crippen molar-refractivity contribution < 1.29 is 4.74 Å². The van der Waals surface area contributed by atoms with Crippen LogP contribution in [0.25, 0.3) is 0 Å². The van der Waals surface area contributed by atoms with Crippen molar-refractivity contribution in [2.24, 2.45) is 11.7 Å². The van der Waals surface area contributed by atoms with E-state index in [1.54, 1.807) is 7.11 Å². The maximum absolute atomic E-state index is 6.39. The van der Waals surface area contributed by atoms with Crippen LogP contribution in [0.15, 0.2) is 24.3 Å².